The lowest BCUT2D eigenvalue weighted by atomic mass is 9.64. The van der Waals surface area contributed by atoms with Crippen LogP contribution in [0.1, 0.15) is 98.3 Å². The largest absolute Gasteiger partial charge is 0.390 e. The van der Waals surface area contributed by atoms with Crippen LogP contribution in [0.5, 0.6) is 0 Å². The van der Waals surface area contributed by atoms with Crippen LogP contribution >= 0.6 is 0 Å². The first-order valence-electron chi connectivity index (χ1n) is 11.7. The highest BCUT2D eigenvalue weighted by molar-refractivity contribution is 5.36. The van der Waals surface area contributed by atoms with Crippen molar-refractivity contribution in [2.45, 2.75) is 110 Å². The molecule has 2 unspecified atom stereocenters. The number of hydrogen-bond donors (Lipinski definition) is 2. The second kappa shape index (κ2) is 8.88. The summed E-state index contributed by atoms with van der Waals surface area (Å²) in [7, 11) is 0. The van der Waals surface area contributed by atoms with Crippen molar-refractivity contribution in [2.75, 3.05) is 0 Å². The minimum Gasteiger partial charge on any atom is -0.390 e. The van der Waals surface area contributed by atoms with Crippen molar-refractivity contribution in [1.29, 1.82) is 0 Å². The third-order valence-corrected chi connectivity index (χ3v) is 8.00. The van der Waals surface area contributed by atoms with Gasteiger partial charge in [-0.1, -0.05) is 38.0 Å². The summed E-state index contributed by atoms with van der Waals surface area (Å²) in [5, 5.41) is 20.1. The van der Waals surface area contributed by atoms with Gasteiger partial charge in [-0.2, -0.15) is 0 Å². The van der Waals surface area contributed by atoms with E-state index < -0.39 is 5.60 Å². The maximum absolute atomic E-state index is 10.1. The number of fused-ring (bicyclic) bond motifs is 1. The summed E-state index contributed by atoms with van der Waals surface area (Å²) >= 11 is 0. The van der Waals surface area contributed by atoms with E-state index >= 15 is 0 Å². The van der Waals surface area contributed by atoms with Gasteiger partial charge in [-0.15, -0.1) is 0 Å². The molecule has 1 saturated carbocycles. The molecule has 1 fully saturated rings. The van der Waals surface area contributed by atoms with E-state index in [1.165, 1.54) is 49.7 Å². The maximum atomic E-state index is 10.1. The predicted molar refractivity (Wildman–Crippen MR) is 118 cm³/mol. The lowest BCUT2D eigenvalue weighted by Gasteiger charge is -2.41. The maximum Gasteiger partial charge on any atom is 0.0753 e. The van der Waals surface area contributed by atoms with Crippen molar-refractivity contribution in [1.82, 2.24) is 0 Å². The van der Waals surface area contributed by atoms with Crippen LogP contribution in [0, 0.1) is 17.3 Å². The Labute approximate surface area is 172 Å². The fourth-order valence-electron chi connectivity index (χ4n) is 6.06. The normalized spacial score (nSPS) is 34.1. The van der Waals surface area contributed by atoms with Crippen LogP contribution < -0.4 is 0 Å². The first-order chi connectivity index (χ1) is 13.2. The molecule has 0 saturated heterocycles. The minimum atomic E-state index is -0.521. The van der Waals surface area contributed by atoms with Crippen LogP contribution in [0.25, 0.3) is 0 Å². The van der Waals surface area contributed by atoms with Gasteiger partial charge in [0, 0.05) is 0 Å². The smallest absolute Gasteiger partial charge is 0.0753 e. The lowest BCUT2D eigenvalue weighted by molar-refractivity contribution is 0.0663. The second-order valence-corrected chi connectivity index (χ2v) is 10.6. The zero-order valence-electron chi connectivity index (χ0n) is 18.6. The summed E-state index contributed by atoms with van der Waals surface area (Å²) in [4.78, 5) is 0. The molecule has 2 heteroatoms. The fourth-order valence-corrected chi connectivity index (χ4v) is 6.06. The van der Waals surface area contributed by atoms with Gasteiger partial charge >= 0.3 is 0 Å². The molecule has 0 aromatic rings. The highest BCUT2D eigenvalue weighted by atomic mass is 16.3. The molecule has 28 heavy (non-hydrogen) atoms. The van der Waals surface area contributed by atoms with Gasteiger partial charge in [0.15, 0.2) is 0 Å². The molecule has 3 aliphatic carbocycles. The Morgan fingerprint density at radius 2 is 1.96 bits per heavy atom. The van der Waals surface area contributed by atoms with E-state index in [-0.39, 0.29) is 6.10 Å². The zero-order valence-corrected chi connectivity index (χ0v) is 18.6. The quantitative estimate of drug-likeness (QED) is 0.491. The summed E-state index contributed by atoms with van der Waals surface area (Å²) in [6, 6.07) is 0. The van der Waals surface area contributed by atoms with Gasteiger partial charge in [-0.05, 0) is 113 Å². The summed E-state index contributed by atoms with van der Waals surface area (Å²) in [6.45, 7) is 8.49. The Balaban J connectivity index is 1.62. The summed E-state index contributed by atoms with van der Waals surface area (Å²) < 4.78 is 0. The van der Waals surface area contributed by atoms with Crippen molar-refractivity contribution >= 4 is 0 Å². The molecular weight excluding hydrogens is 344 g/mol. The lowest BCUT2D eigenvalue weighted by Crippen LogP contribution is -2.32. The highest BCUT2D eigenvalue weighted by Crippen LogP contribution is 2.57. The Kier molecular flexibility index (Phi) is 6.92. The van der Waals surface area contributed by atoms with Gasteiger partial charge in [0.05, 0.1) is 11.7 Å². The first kappa shape index (κ1) is 21.8. The van der Waals surface area contributed by atoms with Gasteiger partial charge in [-0.25, -0.2) is 0 Å². The van der Waals surface area contributed by atoms with Crippen molar-refractivity contribution in [3.8, 4) is 0 Å². The van der Waals surface area contributed by atoms with Crippen molar-refractivity contribution in [3.05, 3.63) is 34.9 Å². The Morgan fingerprint density at radius 1 is 1.18 bits per heavy atom. The van der Waals surface area contributed by atoms with Gasteiger partial charge in [0.25, 0.3) is 0 Å². The van der Waals surface area contributed by atoms with Crippen LogP contribution in [0.15, 0.2) is 34.9 Å². The summed E-state index contributed by atoms with van der Waals surface area (Å²) in [6.07, 6.45) is 19.9. The standard InChI is InChI=1S/C26H42O2/c1-19-20(9-7-12-24(19)27)13-14-21-10-8-18-26(4)22(15-16-23(21)26)11-5-6-17-25(2,3)28/h10,13-14,22-24,27-28H,5-9,11-12,15-18H2,1-4H3/b14-13+/t22?,23?,24-,26+/m0/s1. The van der Waals surface area contributed by atoms with Crippen LogP contribution in [-0.4, -0.2) is 21.9 Å². The van der Waals surface area contributed by atoms with Crippen LogP contribution in [-0.2, 0) is 0 Å². The zero-order chi connectivity index (χ0) is 20.4. The molecule has 2 nitrogen and oxygen atoms in total. The molecule has 4 atom stereocenters. The molecule has 0 radical (unpaired) electrons. The molecule has 0 amide bonds. The minimum absolute atomic E-state index is 0.237. The molecule has 2 N–H and O–H groups in total. The third-order valence-electron chi connectivity index (χ3n) is 8.00. The van der Waals surface area contributed by atoms with E-state index in [1.807, 2.05) is 13.8 Å². The van der Waals surface area contributed by atoms with Crippen LogP contribution in [0.4, 0.5) is 0 Å². The van der Waals surface area contributed by atoms with E-state index in [9.17, 15) is 10.2 Å². The average molecular weight is 387 g/mol. The third kappa shape index (κ3) is 5.00. The van der Waals surface area contributed by atoms with E-state index in [1.54, 1.807) is 5.57 Å². The van der Waals surface area contributed by atoms with E-state index in [2.05, 4.69) is 32.1 Å². The summed E-state index contributed by atoms with van der Waals surface area (Å²) in [5.41, 5.74) is 4.00. The molecule has 0 aliphatic heterocycles. The molecule has 0 bridgehead atoms. The molecular formula is C26H42O2. The number of rotatable bonds is 7. The molecule has 3 aliphatic rings. The number of aliphatic hydroxyl groups excluding tert-OH is 1. The predicted octanol–water partition coefficient (Wildman–Crippen LogP) is 6.49. The monoisotopic (exact) mass is 386 g/mol. The molecule has 0 aromatic heterocycles. The van der Waals surface area contributed by atoms with Gasteiger partial charge in [0.2, 0.25) is 0 Å². The van der Waals surface area contributed by atoms with Crippen molar-refractivity contribution < 1.29 is 10.2 Å². The molecule has 3 rings (SSSR count). The topological polar surface area (TPSA) is 40.5 Å². The average Bonchev–Trinajstić information content (AvgIpc) is 2.96. The number of aliphatic hydroxyl groups is 2. The molecule has 0 heterocycles. The summed E-state index contributed by atoms with van der Waals surface area (Å²) in [5.74, 6) is 1.53. The van der Waals surface area contributed by atoms with Crippen LogP contribution in [0.2, 0.25) is 0 Å². The number of unbranched alkanes of at least 4 members (excludes halogenated alkanes) is 1. The van der Waals surface area contributed by atoms with Crippen LogP contribution in [0.3, 0.4) is 0 Å². The van der Waals surface area contributed by atoms with E-state index in [0.29, 0.717) is 11.3 Å². The van der Waals surface area contributed by atoms with E-state index in [4.69, 9.17) is 0 Å². The highest BCUT2D eigenvalue weighted by Gasteiger charge is 2.47. The fraction of sp³-hybridized carbons (Fsp3) is 0.769. The number of hydrogen-bond acceptors (Lipinski definition) is 2. The second-order valence-electron chi connectivity index (χ2n) is 10.6. The molecule has 0 aromatic carbocycles. The van der Waals surface area contributed by atoms with Crippen molar-refractivity contribution in [2.24, 2.45) is 17.3 Å². The van der Waals surface area contributed by atoms with Crippen molar-refractivity contribution in [3.63, 3.8) is 0 Å². The Morgan fingerprint density at radius 3 is 2.71 bits per heavy atom. The molecule has 0 spiro atoms. The van der Waals surface area contributed by atoms with Gasteiger partial charge in [-0.3, -0.25) is 0 Å². The van der Waals surface area contributed by atoms with E-state index in [0.717, 1.165) is 38.0 Å². The Hall–Kier alpha value is -0.860. The SMILES string of the molecule is CC1=C(/C=C/C2=CCC[C@]3(C)C(CCCCC(C)(C)O)CCC23)CCC[C@@H]1O. The van der Waals surface area contributed by atoms with Gasteiger partial charge in [0.1, 0.15) is 0 Å². The Bertz CT molecular complexity index is 633. The van der Waals surface area contributed by atoms with Gasteiger partial charge < -0.3 is 10.2 Å². The first-order valence-corrected chi connectivity index (χ1v) is 11.7. The molecule has 158 valence electrons. The number of allylic oxidation sites excluding steroid dienone is 5.